The summed E-state index contributed by atoms with van der Waals surface area (Å²) in [7, 11) is 0. The molecule has 0 amide bonds. The van der Waals surface area contributed by atoms with E-state index in [1.807, 2.05) is 12.4 Å². The second-order valence-corrected chi connectivity index (χ2v) is 6.11. The molecule has 1 atom stereocenters. The van der Waals surface area contributed by atoms with Crippen molar-refractivity contribution in [2.24, 2.45) is 0 Å². The van der Waals surface area contributed by atoms with Crippen molar-refractivity contribution in [2.75, 3.05) is 6.54 Å². The molecule has 0 radical (unpaired) electrons. The molecule has 21 heavy (non-hydrogen) atoms. The normalized spacial score (nSPS) is 20.1. The lowest BCUT2D eigenvalue weighted by atomic mass is 10.0. The first kappa shape index (κ1) is 14.3. The van der Waals surface area contributed by atoms with Gasteiger partial charge in [0.25, 0.3) is 0 Å². The summed E-state index contributed by atoms with van der Waals surface area (Å²) >= 11 is 0. The molecule has 1 aliphatic rings. The quantitative estimate of drug-likeness (QED) is 0.822. The summed E-state index contributed by atoms with van der Waals surface area (Å²) in [5, 5.41) is 0. The Bertz CT molecular complexity index is 565. The van der Waals surface area contributed by atoms with E-state index < -0.39 is 0 Å². The van der Waals surface area contributed by atoms with Gasteiger partial charge in [0, 0.05) is 25.0 Å². The van der Waals surface area contributed by atoms with Crippen molar-refractivity contribution in [3.8, 4) is 0 Å². The number of hydrogen-bond acceptors (Lipinski definition) is 2. The number of nitrogens with zero attached hydrogens (tertiary/aromatic N) is 2. The summed E-state index contributed by atoms with van der Waals surface area (Å²) in [4.78, 5) is 6.82. The number of pyridine rings is 1. The lowest BCUT2D eigenvalue weighted by Crippen LogP contribution is -2.28. The fourth-order valence-electron chi connectivity index (χ4n) is 3.37. The van der Waals surface area contributed by atoms with Crippen LogP contribution in [0.3, 0.4) is 0 Å². The van der Waals surface area contributed by atoms with Crippen LogP contribution in [-0.4, -0.2) is 16.4 Å². The molecule has 2 heteroatoms. The van der Waals surface area contributed by atoms with Crippen molar-refractivity contribution in [2.45, 2.75) is 45.2 Å². The van der Waals surface area contributed by atoms with Crippen LogP contribution in [-0.2, 0) is 6.54 Å². The van der Waals surface area contributed by atoms with Crippen molar-refractivity contribution in [1.29, 1.82) is 0 Å². The Balaban J connectivity index is 1.82. The van der Waals surface area contributed by atoms with Gasteiger partial charge in [0.05, 0.1) is 0 Å². The molecule has 2 heterocycles. The van der Waals surface area contributed by atoms with Crippen molar-refractivity contribution in [3.05, 3.63) is 65.5 Å². The number of aromatic nitrogens is 1. The molecule has 3 rings (SSSR count). The minimum atomic E-state index is 0.538. The lowest BCUT2D eigenvalue weighted by Gasteiger charge is -2.30. The number of rotatable bonds is 3. The molecule has 1 fully saturated rings. The number of benzene rings is 1. The minimum absolute atomic E-state index is 0.538. The van der Waals surface area contributed by atoms with Crippen LogP contribution in [0.1, 0.15) is 48.4 Å². The maximum Gasteiger partial charge on any atom is 0.0352 e. The van der Waals surface area contributed by atoms with Crippen molar-refractivity contribution in [3.63, 3.8) is 0 Å². The first-order valence-electron chi connectivity index (χ1n) is 8.02. The summed E-state index contributed by atoms with van der Waals surface area (Å²) in [5.74, 6) is 0. The topological polar surface area (TPSA) is 16.1 Å². The molecule has 110 valence electrons. The molecule has 1 unspecified atom stereocenters. The maximum atomic E-state index is 4.17. The first-order valence-corrected chi connectivity index (χ1v) is 8.02. The standard InChI is InChI=1S/C19H24N2/c1-16-6-5-7-17(14-16)15-21-13-4-2-3-8-19(21)18-9-11-20-12-10-18/h5-7,9-12,14,19H,2-4,8,13,15H2,1H3. The van der Waals surface area contributed by atoms with Gasteiger partial charge >= 0.3 is 0 Å². The van der Waals surface area contributed by atoms with Gasteiger partial charge in [0.15, 0.2) is 0 Å². The summed E-state index contributed by atoms with van der Waals surface area (Å²) in [6, 6.07) is 13.8. The van der Waals surface area contributed by atoms with E-state index in [0.29, 0.717) is 6.04 Å². The predicted molar refractivity (Wildman–Crippen MR) is 87.0 cm³/mol. The van der Waals surface area contributed by atoms with Gasteiger partial charge in [-0.3, -0.25) is 9.88 Å². The summed E-state index contributed by atoms with van der Waals surface area (Å²) in [6.45, 7) is 4.42. The Morgan fingerprint density at radius 1 is 1.10 bits per heavy atom. The molecular weight excluding hydrogens is 256 g/mol. The number of aryl methyl sites for hydroxylation is 1. The average molecular weight is 280 g/mol. The van der Waals surface area contributed by atoms with E-state index in [0.717, 1.165) is 6.54 Å². The SMILES string of the molecule is Cc1cccc(CN2CCCCCC2c2ccncc2)c1. The molecule has 1 aromatic heterocycles. The number of likely N-dealkylation sites (tertiary alicyclic amines) is 1. The van der Waals surface area contributed by atoms with Gasteiger partial charge in [-0.05, 0) is 49.6 Å². The largest absolute Gasteiger partial charge is 0.292 e. The van der Waals surface area contributed by atoms with Crippen LogP contribution >= 0.6 is 0 Å². The highest BCUT2D eigenvalue weighted by molar-refractivity contribution is 5.23. The maximum absolute atomic E-state index is 4.17. The minimum Gasteiger partial charge on any atom is -0.292 e. The van der Waals surface area contributed by atoms with E-state index in [1.165, 1.54) is 48.9 Å². The smallest absolute Gasteiger partial charge is 0.0352 e. The van der Waals surface area contributed by atoms with Crippen molar-refractivity contribution >= 4 is 0 Å². The molecule has 0 saturated carbocycles. The lowest BCUT2D eigenvalue weighted by molar-refractivity contribution is 0.192. The van der Waals surface area contributed by atoms with Crippen LogP contribution in [0.2, 0.25) is 0 Å². The average Bonchev–Trinajstić information content (AvgIpc) is 2.74. The Morgan fingerprint density at radius 2 is 1.95 bits per heavy atom. The Morgan fingerprint density at radius 3 is 2.76 bits per heavy atom. The number of hydrogen-bond donors (Lipinski definition) is 0. The molecular formula is C19H24N2. The summed E-state index contributed by atoms with van der Waals surface area (Å²) in [5.41, 5.74) is 4.19. The monoisotopic (exact) mass is 280 g/mol. The fourth-order valence-corrected chi connectivity index (χ4v) is 3.37. The third kappa shape index (κ3) is 3.70. The van der Waals surface area contributed by atoms with Crippen LogP contribution in [0.5, 0.6) is 0 Å². The van der Waals surface area contributed by atoms with E-state index in [1.54, 1.807) is 0 Å². The van der Waals surface area contributed by atoms with Gasteiger partial charge < -0.3 is 0 Å². The molecule has 0 aliphatic carbocycles. The third-order valence-electron chi connectivity index (χ3n) is 4.42. The predicted octanol–water partition coefficient (Wildman–Crippen LogP) is 4.51. The first-order chi connectivity index (χ1) is 10.3. The van der Waals surface area contributed by atoms with Crippen LogP contribution in [0.15, 0.2) is 48.8 Å². The van der Waals surface area contributed by atoms with E-state index in [-0.39, 0.29) is 0 Å². The molecule has 2 nitrogen and oxygen atoms in total. The van der Waals surface area contributed by atoms with Gasteiger partial charge in [-0.15, -0.1) is 0 Å². The molecule has 1 aromatic carbocycles. The second-order valence-electron chi connectivity index (χ2n) is 6.11. The fraction of sp³-hybridized carbons (Fsp3) is 0.421. The third-order valence-corrected chi connectivity index (χ3v) is 4.42. The Labute approximate surface area is 127 Å². The van der Waals surface area contributed by atoms with Crippen LogP contribution in [0, 0.1) is 6.92 Å². The highest BCUT2D eigenvalue weighted by Crippen LogP contribution is 2.31. The van der Waals surface area contributed by atoms with Crippen LogP contribution in [0.4, 0.5) is 0 Å². The molecule has 0 bridgehead atoms. The highest BCUT2D eigenvalue weighted by atomic mass is 15.2. The second kappa shape index (κ2) is 6.86. The van der Waals surface area contributed by atoms with Gasteiger partial charge in [0.2, 0.25) is 0 Å². The molecule has 0 N–H and O–H groups in total. The molecule has 0 spiro atoms. The zero-order chi connectivity index (χ0) is 14.5. The van der Waals surface area contributed by atoms with Crippen LogP contribution < -0.4 is 0 Å². The van der Waals surface area contributed by atoms with Crippen molar-refractivity contribution < 1.29 is 0 Å². The Kier molecular flexibility index (Phi) is 4.66. The summed E-state index contributed by atoms with van der Waals surface area (Å²) < 4.78 is 0. The van der Waals surface area contributed by atoms with Gasteiger partial charge in [-0.25, -0.2) is 0 Å². The Hall–Kier alpha value is -1.67. The zero-order valence-electron chi connectivity index (χ0n) is 12.8. The van der Waals surface area contributed by atoms with Gasteiger partial charge in [-0.2, -0.15) is 0 Å². The molecule has 1 aliphatic heterocycles. The van der Waals surface area contributed by atoms with Gasteiger partial charge in [-0.1, -0.05) is 42.7 Å². The van der Waals surface area contributed by atoms with Gasteiger partial charge in [0.1, 0.15) is 0 Å². The van der Waals surface area contributed by atoms with Crippen molar-refractivity contribution in [1.82, 2.24) is 9.88 Å². The van der Waals surface area contributed by atoms with E-state index in [9.17, 15) is 0 Å². The summed E-state index contributed by atoms with van der Waals surface area (Å²) in [6.07, 6.45) is 9.10. The highest BCUT2D eigenvalue weighted by Gasteiger charge is 2.22. The molecule has 1 saturated heterocycles. The van der Waals surface area contributed by atoms with E-state index in [4.69, 9.17) is 0 Å². The zero-order valence-corrected chi connectivity index (χ0v) is 12.8. The molecule has 2 aromatic rings. The van der Waals surface area contributed by atoms with E-state index >= 15 is 0 Å². The van der Waals surface area contributed by atoms with E-state index in [2.05, 4.69) is 53.2 Å². The van der Waals surface area contributed by atoms with Crippen LogP contribution in [0.25, 0.3) is 0 Å².